The zero-order valence-corrected chi connectivity index (χ0v) is 32.5. The zero-order valence-electron chi connectivity index (χ0n) is 32.5. The van der Waals surface area contributed by atoms with Gasteiger partial charge in [-0.15, -0.1) is 0 Å². The molecule has 2 bridgehead atoms. The van der Waals surface area contributed by atoms with Crippen molar-refractivity contribution in [3.63, 3.8) is 0 Å². The molecule has 7 fully saturated rings. The van der Waals surface area contributed by atoms with Gasteiger partial charge in [-0.3, -0.25) is 4.79 Å². The second-order valence-electron chi connectivity index (χ2n) is 20.0. The number of amides is 1. The van der Waals surface area contributed by atoms with Crippen LogP contribution in [0.5, 0.6) is 0 Å². The molecule has 9 nitrogen and oxygen atoms in total. The van der Waals surface area contributed by atoms with Crippen LogP contribution in [-0.4, -0.2) is 113 Å². The van der Waals surface area contributed by atoms with Crippen LogP contribution in [0.25, 0.3) is 0 Å². The molecule has 0 aromatic heterocycles. The van der Waals surface area contributed by atoms with E-state index in [0.29, 0.717) is 38.0 Å². The number of rotatable bonds is 5. The van der Waals surface area contributed by atoms with Gasteiger partial charge in [-0.05, 0) is 138 Å². The average Bonchev–Trinajstić information content (AvgIpc) is 3.23. The molecule has 50 heavy (non-hydrogen) atoms. The molecular weight excluding hydrogens is 632 g/mol. The Balaban J connectivity index is 1.06. The van der Waals surface area contributed by atoms with Crippen LogP contribution in [0, 0.1) is 51.2 Å². The van der Waals surface area contributed by atoms with Gasteiger partial charge in [0.1, 0.15) is 6.10 Å². The average molecular weight is 703 g/mol. The van der Waals surface area contributed by atoms with Crippen LogP contribution in [0.4, 0.5) is 0 Å². The fourth-order valence-electron chi connectivity index (χ4n) is 13.7. The highest BCUT2D eigenvalue weighted by Gasteiger charge is 2.72. The second kappa shape index (κ2) is 13.2. The van der Waals surface area contributed by atoms with Crippen molar-refractivity contribution < 1.29 is 34.3 Å². The van der Waals surface area contributed by atoms with Crippen molar-refractivity contribution in [2.75, 3.05) is 39.8 Å². The summed E-state index contributed by atoms with van der Waals surface area (Å²) in [6.07, 6.45) is 8.81. The van der Waals surface area contributed by atoms with Crippen molar-refractivity contribution in [1.82, 2.24) is 9.80 Å². The summed E-state index contributed by atoms with van der Waals surface area (Å²) in [6, 6.07) is 0. The summed E-state index contributed by atoms with van der Waals surface area (Å²) >= 11 is 0. The van der Waals surface area contributed by atoms with E-state index in [4.69, 9.17) is 14.2 Å². The normalized spacial score (nSPS) is 47.7. The first kappa shape index (κ1) is 37.5. The smallest absolute Gasteiger partial charge is 0.226 e. The Bertz CT molecular complexity index is 1250. The molecule has 0 aromatic rings. The minimum absolute atomic E-state index is 0.0312. The molecule has 3 saturated heterocycles. The van der Waals surface area contributed by atoms with Crippen molar-refractivity contribution in [3.8, 4) is 0 Å². The maximum absolute atomic E-state index is 13.5. The van der Waals surface area contributed by atoms with Gasteiger partial charge in [0.25, 0.3) is 0 Å². The molecule has 1 spiro atoms. The Hall–Kier alpha value is -0.810. The molecule has 13 atom stereocenters. The number of ether oxygens (including phenoxy) is 3. The summed E-state index contributed by atoms with van der Waals surface area (Å²) in [5, 5.41) is 34.2. The summed E-state index contributed by atoms with van der Waals surface area (Å²) in [5.74, 6) is 1.83. The molecular formula is C41H70N2O7. The van der Waals surface area contributed by atoms with E-state index in [9.17, 15) is 20.1 Å². The van der Waals surface area contributed by atoms with E-state index in [1.54, 1.807) is 13.8 Å². The van der Waals surface area contributed by atoms with E-state index in [1.165, 1.54) is 6.42 Å². The van der Waals surface area contributed by atoms with Crippen molar-refractivity contribution in [1.29, 1.82) is 0 Å². The van der Waals surface area contributed by atoms with Gasteiger partial charge in [0, 0.05) is 17.9 Å². The third-order valence-corrected chi connectivity index (χ3v) is 16.6. The Morgan fingerprint density at radius 1 is 1.00 bits per heavy atom. The van der Waals surface area contributed by atoms with Crippen LogP contribution in [0.3, 0.4) is 0 Å². The van der Waals surface area contributed by atoms with Gasteiger partial charge in [0.15, 0.2) is 6.29 Å². The fourth-order valence-corrected chi connectivity index (χ4v) is 13.7. The van der Waals surface area contributed by atoms with E-state index in [2.05, 4.69) is 46.6 Å². The molecule has 7 unspecified atom stereocenters. The highest BCUT2D eigenvalue weighted by molar-refractivity contribution is 5.79. The van der Waals surface area contributed by atoms with E-state index in [-0.39, 0.29) is 63.8 Å². The first-order chi connectivity index (χ1) is 23.4. The van der Waals surface area contributed by atoms with E-state index >= 15 is 0 Å². The summed E-state index contributed by atoms with van der Waals surface area (Å²) in [7, 11) is 2.14. The number of carbonyl (C=O) groups excluding carboxylic acids is 1. The lowest BCUT2D eigenvalue weighted by Gasteiger charge is -2.64. The minimum atomic E-state index is -1.26. The second-order valence-corrected chi connectivity index (χ2v) is 20.0. The largest absolute Gasteiger partial charge is 0.390 e. The van der Waals surface area contributed by atoms with E-state index < -0.39 is 23.9 Å². The van der Waals surface area contributed by atoms with Gasteiger partial charge in [0.2, 0.25) is 5.91 Å². The first-order valence-corrected chi connectivity index (χ1v) is 20.4. The van der Waals surface area contributed by atoms with Crippen molar-refractivity contribution in [3.05, 3.63) is 0 Å². The lowest BCUT2D eigenvalue weighted by Crippen LogP contribution is -2.60. The number of hydrogen-bond acceptors (Lipinski definition) is 8. The van der Waals surface area contributed by atoms with Crippen molar-refractivity contribution in [2.24, 2.45) is 51.2 Å². The van der Waals surface area contributed by atoms with Crippen LogP contribution in [0.15, 0.2) is 0 Å². The number of likely N-dealkylation sites (tertiary alicyclic amines) is 1. The van der Waals surface area contributed by atoms with Crippen molar-refractivity contribution in [2.45, 2.75) is 162 Å². The van der Waals surface area contributed by atoms with Gasteiger partial charge < -0.3 is 39.3 Å². The highest BCUT2D eigenvalue weighted by atomic mass is 16.7. The molecule has 0 aromatic carbocycles. The number of piperidine rings is 1. The molecule has 4 aliphatic carbocycles. The molecule has 0 radical (unpaired) electrons. The van der Waals surface area contributed by atoms with E-state index in [0.717, 1.165) is 70.9 Å². The van der Waals surface area contributed by atoms with E-state index in [1.807, 2.05) is 4.90 Å². The number of carbonyl (C=O) groups is 1. The number of aliphatic hydroxyl groups is 3. The SMILES string of the molecule is C[C@@H]1C[C@@H](C(O)C(C)(C)O)OC2C1C1(C)CCCC34CCC(OC5CN(C(=O)C6CCN(C)CC6)CCO5)C(C)(C)[C@@H]3CC[C@@H](C4)[C@]1(C)[C@H]2O. The molecule has 3 aliphatic heterocycles. The van der Waals surface area contributed by atoms with Gasteiger partial charge in [-0.25, -0.2) is 0 Å². The Morgan fingerprint density at radius 3 is 2.42 bits per heavy atom. The van der Waals surface area contributed by atoms with Crippen LogP contribution < -0.4 is 0 Å². The quantitative estimate of drug-likeness (QED) is 0.357. The van der Waals surface area contributed by atoms with Crippen LogP contribution in [0.2, 0.25) is 0 Å². The third kappa shape index (κ3) is 5.94. The van der Waals surface area contributed by atoms with Crippen molar-refractivity contribution >= 4 is 5.91 Å². The number of fused-ring (bicyclic) bond motifs is 5. The lowest BCUT2D eigenvalue weighted by atomic mass is 9.41. The molecule has 7 aliphatic rings. The predicted octanol–water partition coefficient (Wildman–Crippen LogP) is 5.23. The molecule has 1 amide bonds. The molecule has 286 valence electrons. The Morgan fingerprint density at radius 2 is 1.72 bits per heavy atom. The molecule has 3 N–H and O–H groups in total. The lowest BCUT2D eigenvalue weighted by molar-refractivity contribution is -0.253. The summed E-state index contributed by atoms with van der Waals surface area (Å²) in [4.78, 5) is 17.8. The maximum atomic E-state index is 13.5. The molecule has 7 rings (SSSR count). The maximum Gasteiger partial charge on any atom is 0.226 e. The number of aliphatic hydroxyl groups excluding tert-OH is 2. The third-order valence-electron chi connectivity index (χ3n) is 16.6. The number of hydrogen-bond donors (Lipinski definition) is 3. The minimum Gasteiger partial charge on any atom is -0.390 e. The van der Waals surface area contributed by atoms with Crippen LogP contribution >= 0.6 is 0 Å². The summed E-state index contributed by atoms with van der Waals surface area (Å²) in [5.41, 5.74) is -1.43. The zero-order chi connectivity index (χ0) is 36.0. The van der Waals surface area contributed by atoms with Crippen LogP contribution in [0.1, 0.15) is 119 Å². The summed E-state index contributed by atoms with van der Waals surface area (Å²) < 4.78 is 19.8. The molecule has 9 heteroatoms. The fraction of sp³-hybridized carbons (Fsp3) is 0.976. The highest BCUT2D eigenvalue weighted by Crippen LogP contribution is 2.73. The topological polar surface area (TPSA) is 112 Å². The summed E-state index contributed by atoms with van der Waals surface area (Å²) in [6.45, 7) is 19.0. The van der Waals surface area contributed by atoms with Gasteiger partial charge in [0.05, 0.1) is 43.2 Å². The van der Waals surface area contributed by atoms with Gasteiger partial charge >= 0.3 is 0 Å². The van der Waals surface area contributed by atoms with Crippen LogP contribution in [-0.2, 0) is 19.0 Å². The molecule has 3 heterocycles. The number of morpholine rings is 1. The first-order valence-electron chi connectivity index (χ1n) is 20.4. The van der Waals surface area contributed by atoms with Gasteiger partial charge in [-0.1, -0.05) is 41.0 Å². The monoisotopic (exact) mass is 703 g/mol. The Kier molecular flexibility index (Phi) is 9.90. The Labute approximate surface area is 302 Å². The standard InChI is InChI=1S/C41H70N2O7/c1-25-22-28(34(44)38(4,5)47)49-33-32(25)39(6)15-9-16-41-17-12-30(37(2,3)29(41)11-10-27(23-41)40(39,7)35(33)45)50-31-24-43(20-21-48-31)36(46)26-13-18-42(8)19-14-26/h25-35,44-45,47H,9-24H2,1-8H3/t25-,27+,28+,29+,30?,31?,32?,33?,34?,35+,39?,40-,41?/m1/s1. The number of nitrogens with zero attached hydrogens (tertiary/aromatic N) is 2. The molecule has 4 saturated carbocycles. The van der Waals surface area contributed by atoms with Gasteiger partial charge in [-0.2, -0.15) is 0 Å². The predicted molar refractivity (Wildman–Crippen MR) is 192 cm³/mol.